The lowest BCUT2D eigenvalue weighted by Gasteiger charge is -2.32. The lowest BCUT2D eigenvalue weighted by molar-refractivity contribution is 0.00331. The third kappa shape index (κ3) is 3.30. The van der Waals surface area contributed by atoms with Crippen molar-refractivity contribution in [2.24, 2.45) is 0 Å². The number of aliphatic hydroxyl groups excluding tert-OH is 1. The molecule has 1 aliphatic heterocycles. The number of rotatable bonds is 4. The first kappa shape index (κ1) is 13.0. The fourth-order valence-corrected chi connectivity index (χ4v) is 1.83. The van der Waals surface area contributed by atoms with Gasteiger partial charge >= 0.3 is 0 Å². The molecule has 0 saturated carbocycles. The summed E-state index contributed by atoms with van der Waals surface area (Å²) in [6.07, 6.45) is 3.22. The minimum Gasteiger partial charge on any atom is -0.474 e. The molecule has 100 valence electrons. The molecule has 1 aromatic rings. The van der Waals surface area contributed by atoms with Crippen LogP contribution in [0.3, 0.4) is 0 Å². The van der Waals surface area contributed by atoms with E-state index in [1.54, 1.807) is 12.4 Å². The Bertz CT molecular complexity index is 387. The second-order valence-corrected chi connectivity index (χ2v) is 4.50. The average molecular weight is 253 g/mol. The van der Waals surface area contributed by atoms with E-state index in [4.69, 9.17) is 14.6 Å². The number of anilines is 1. The van der Waals surface area contributed by atoms with Crippen LogP contribution in [-0.4, -0.2) is 53.6 Å². The van der Waals surface area contributed by atoms with Gasteiger partial charge in [0.2, 0.25) is 5.88 Å². The SMILES string of the molecule is CC(C)Oc1cncc(N2CCOC(CO)C2)n1. The van der Waals surface area contributed by atoms with Crippen molar-refractivity contribution in [2.75, 3.05) is 31.2 Å². The van der Waals surface area contributed by atoms with Gasteiger partial charge in [0.25, 0.3) is 0 Å². The van der Waals surface area contributed by atoms with E-state index in [1.807, 2.05) is 18.7 Å². The molecule has 1 saturated heterocycles. The Morgan fingerprint density at radius 1 is 1.56 bits per heavy atom. The predicted molar refractivity (Wildman–Crippen MR) is 66.8 cm³/mol. The van der Waals surface area contributed by atoms with Crippen molar-refractivity contribution < 1.29 is 14.6 Å². The van der Waals surface area contributed by atoms with Crippen molar-refractivity contribution in [2.45, 2.75) is 26.1 Å². The molecule has 0 spiro atoms. The fraction of sp³-hybridized carbons (Fsp3) is 0.667. The zero-order valence-electron chi connectivity index (χ0n) is 10.7. The number of ether oxygens (including phenoxy) is 2. The molecule has 18 heavy (non-hydrogen) atoms. The van der Waals surface area contributed by atoms with Crippen molar-refractivity contribution in [1.82, 2.24) is 9.97 Å². The molecule has 1 fully saturated rings. The van der Waals surface area contributed by atoms with Crippen molar-refractivity contribution in [3.63, 3.8) is 0 Å². The average Bonchev–Trinajstić information content (AvgIpc) is 2.38. The van der Waals surface area contributed by atoms with Gasteiger partial charge in [0.05, 0.1) is 37.8 Å². The smallest absolute Gasteiger partial charge is 0.234 e. The van der Waals surface area contributed by atoms with Crippen LogP contribution in [0.15, 0.2) is 12.4 Å². The maximum atomic E-state index is 9.12. The van der Waals surface area contributed by atoms with E-state index in [1.165, 1.54) is 0 Å². The minimum absolute atomic E-state index is 0.0200. The fourth-order valence-electron chi connectivity index (χ4n) is 1.83. The molecule has 0 aromatic carbocycles. The summed E-state index contributed by atoms with van der Waals surface area (Å²) in [5, 5.41) is 9.12. The largest absolute Gasteiger partial charge is 0.474 e. The first-order valence-corrected chi connectivity index (χ1v) is 6.15. The second-order valence-electron chi connectivity index (χ2n) is 4.50. The van der Waals surface area contributed by atoms with Gasteiger partial charge in [0, 0.05) is 13.1 Å². The molecule has 1 aromatic heterocycles. The van der Waals surface area contributed by atoms with Crippen molar-refractivity contribution >= 4 is 5.82 Å². The lowest BCUT2D eigenvalue weighted by Crippen LogP contribution is -2.44. The Kier molecular flexibility index (Phi) is 4.33. The number of aromatic nitrogens is 2. The van der Waals surface area contributed by atoms with E-state index in [0.717, 1.165) is 12.4 Å². The summed E-state index contributed by atoms with van der Waals surface area (Å²) in [4.78, 5) is 10.6. The van der Waals surface area contributed by atoms with Crippen molar-refractivity contribution in [3.05, 3.63) is 12.4 Å². The summed E-state index contributed by atoms with van der Waals surface area (Å²) >= 11 is 0. The quantitative estimate of drug-likeness (QED) is 0.841. The van der Waals surface area contributed by atoms with E-state index in [9.17, 15) is 0 Å². The monoisotopic (exact) mass is 253 g/mol. The highest BCUT2D eigenvalue weighted by Crippen LogP contribution is 2.17. The first-order valence-electron chi connectivity index (χ1n) is 6.15. The molecule has 0 radical (unpaired) electrons. The number of aliphatic hydroxyl groups is 1. The third-order valence-corrected chi connectivity index (χ3v) is 2.62. The summed E-state index contributed by atoms with van der Waals surface area (Å²) in [7, 11) is 0. The van der Waals surface area contributed by atoms with Crippen LogP contribution in [0.1, 0.15) is 13.8 Å². The number of morpholine rings is 1. The lowest BCUT2D eigenvalue weighted by atomic mass is 10.3. The maximum Gasteiger partial charge on any atom is 0.234 e. The Hall–Kier alpha value is -1.40. The standard InChI is InChI=1S/C12H19N3O3/c1-9(2)18-12-6-13-5-11(14-12)15-3-4-17-10(7-15)8-16/h5-6,9-10,16H,3-4,7-8H2,1-2H3. The highest BCUT2D eigenvalue weighted by Gasteiger charge is 2.21. The summed E-state index contributed by atoms with van der Waals surface area (Å²) in [6, 6.07) is 0. The van der Waals surface area contributed by atoms with Gasteiger partial charge in [0.15, 0.2) is 5.82 Å². The number of nitrogens with zero attached hydrogens (tertiary/aromatic N) is 3. The van der Waals surface area contributed by atoms with Gasteiger partial charge in [0.1, 0.15) is 0 Å². The Morgan fingerprint density at radius 3 is 3.11 bits per heavy atom. The highest BCUT2D eigenvalue weighted by molar-refractivity contribution is 5.38. The van der Waals surface area contributed by atoms with Crippen LogP contribution >= 0.6 is 0 Å². The van der Waals surface area contributed by atoms with Crippen LogP contribution in [0.5, 0.6) is 5.88 Å². The van der Waals surface area contributed by atoms with Gasteiger partial charge in [-0.1, -0.05) is 0 Å². The Labute approximate surface area is 107 Å². The van der Waals surface area contributed by atoms with Gasteiger partial charge in [-0.2, -0.15) is 4.98 Å². The molecule has 6 nitrogen and oxygen atoms in total. The molecule has 0 amide bonds. The Balaban J connectivity index is 2.07. The third-order valence-electron chi connectivity index (χ3n) is 2.62. The predicted octanol–water partition coefficient (Wildman–Crippen LogP) is 0.461. The highest BCUT2D eigenvalue weighted by atomic mass is 16.5. The second kappa shape index (κ2) is 5.97. The van der Waals surface area contributed by atoms with Gasteiger partial charge in [-0.25, -0.2) is 0 Å². The van der Waals surface area contributed by atoms with E-state index in [2.05, 4.69) is 9.97 Å². The first-order chi connectivity index (χ1) is 8.69. The van der Waals surface area contributed by atoms with E-state index in [-0.39, 0.29) is 18.8 Å². The van der Waals surface area contributed by atoms with Crippen molar-refractivity contribution in [1.29, 1.82) is 0 Å². The molecular weight excluding hydrogens is 234 g/mol. The number of hydrogen-bond acceptors (Lipinski definition) is 6. The van der Waals surface area contributed by atoms with Crippen LogP contribution in [0, 0.1) is 0 Å². The topological polar surface area (TPSA) is 67.7 Å². The number of hydrogen-bond donors (Lipinski definition) is 1. The van der Waals surface area contributed by atoms with Gasteiger partial charge in [-0.05, 0) is 13.8 Å². The van der Waals surface area contributed by atoms with E-state index >= 15 is 0 Å². The van der Waals surface area contributed by atoms with Gasteiger partial charge in [-0.15, -0.1) is 0 Å². The molecule has 0 bridgehead atoms. The van der Waals surface area contributed by atoms with Crippen LogP contribution in [0.2, 0.25) is 0 Å². The molecule has 0 aliphatic carbocycles. The van der Waals surface area contributed by atoms with Crippen LogP contribution in [-0.2, 0) is 4.74 Å². The summed E-state index contributed by atoms with van der Waals surface area (Å²) < 4.78 is 10.9. The molecule has 6 heteroatoms. The van der Waals surface area contributed by atoms with Crippen LogP contribution in [0.25, 0.3) is 0 Å². The van der Waals surface area contributed by atoms with E-state index < -0.39 is 0 Å². The molecular formula is C12H19N3O3. The molecule has 2 heterocycles. The summed E-state index contributed by atoms with van der Waals surface area (Å²) in [5.74, 6) is 1.28. The maximum absolute atomic E-state index is 9.12. The zero-order valence-corrected chi connectivity index (χ0v) is 10.7. The normalized spacial score (nSPS) is 20.2. The van der Waals surface area contributed by atoms with Crippen LogP contribution < -0.4 is 9.64 Å². The summed E-state index contributed by atoms with van der Waals surface area (Å²) in [5.41, 5.74) is 0. The molecule has 1 aliphatic rings. The van der Waals surface area contributed by atoms with E-state index in [0.29, 0.717) is 19.0 Å². The molecule has 1 N–H and O–H groups in total. The molecule has 1 unspecified atom stereocenters. The molecule has 2 rings (SSSR count). The van der Waals surface area contributed by atoms with Gasteiger partial charge in [-0.3, -0.25) is 4.98 Å². The van der Waals surface area contributed by atoms with Crippen molar-refractivity contribution in [3.8, 4) is 5.88 Å². The van der Waals surface area contributed by atoms with Crippen LogP contribution in [0.4, 0.5) is 5.82 Å². The minimum atomic E-state index is -0.157. The molecule has 1 atom stereocenters. The summed E-state index contributed by atoms with van der Waals surface area (Å²) in [6.45, 7) is 5.87. The van der Waals surface area contributed by atoms with Gasteiger partial charge < -0.3 is 19.5 Å². The Morgan fingerprint density at radius 2 is 2.39 bits per heavy atom. The zero-order chi connectivity index (χ0) is 13.0.